The third-order valence-corrected chi connectivity index (χ3v) is 15.2. The average Bonchev–Trinajstić information content (AvgIpc) is 3.61. The van der Waals surface area contributed by atoms with E-state index >= 15 is 0 Å². The molecule has 0 N–H and O–H groups in total. The Morgan fingerprint density at radius 1 is 0.267 bits per heavy atom. The van der Waals surface area contributed by atoms with E-state index in [1.165, 1.54) is 112 Å². The summed E-state index contributed by atoms with van der Waals surface area (Å²) in [5.41, 5.74) is 23.4. The van der Waals surface area contributed by atoms with E-state index in [0.29, 0.717) is 0 Å². The van der Waals surface area contributed by atoms with Crippen molar-refractivity contribution in [3.63, 3.8) is 0 Å². The number of hydrogen-bond donors (Lipinski definition) is 0. The average molecular weight is 775 g/mol. The zero-order valence-corrected chi connectivity index (χ0v) is 35.9. The minimum atomic E-state index is -0.165. The Bertz CT molecular complexity index is 2960. The first kappa shape index (κ1) is 35.6. The third-order valence-electron chi connectivity index (χ3n) is 15.2. The van der Waals surface area contributed by atoms with Crippen LogP contribution < -0.4 is 9.80 Å². The molecule has 2 nitrogen and oxygen atoms in total. The smallest absolute Gasteiger partial charge is 0.0509 e. The summed E-state index contributed by atoms with van der Waals surface area (Å²) in [5, 5.41) is 2.45. The maximum absolute atomic E-state index is 2.53. The summed E-state index contributed by atoms with van der Waals surface area (Å²) in [6, 6.07) is 60.3. The molecule has 8 aromatic rings. The van der Waals surface area contributed by atoms with Crippen molar-refractivity contribution in [2.75, 3.05) is 9.80 Å². The Balaban J connectivity index is 1.02. The van der Waals surface area contributed by atoms with Crippen LogP contribution in [0.4, 0.5) is 34.1 Å². The summed E-state index contributed by atoms with van der Waals surface area (Å²) in [4.78, 5) is 5.05. The summed E-state index contributed by atoms with van der Waals surface area (Å²) in [6.45, 7) is 19.1. The molecule has 0 saturated carbocycles. The molecular weight excluding hydrogens is 725 g/mol. The van der Waals surface area contributed by atoms with E-state index in [9.17, 15) is 0 Å². The van der Waals surface area contributed by atoms with Gasteiger partial charge in [-0.25, -0.2) is 0 Å². The zero-order chi connectivity index (χ0) is 41.1. The van der Waals surface area contributed by atoms with Gasteiger partial charge in [0.2, 0.25) is 0 Å². The molecule has 292 valence electrons. The normalized spacial score (nSPS) is 17.5. The molecule has 0 aromatic heterocycles. The van der Waals surface area contributed by atoms with E-state index in [0.717, 1.165) is 0 Å². The monoisotopic (exact) mass is 774 g/mol. The van der Waals surface area contributed by atoms with Gasteiger partial charge in [-0.05, 0) is 126 Å². The van der Waals surface area contributed by atoms with E-state index in [1.807, 2.05) is 0 Å². The molecule has 4 aliphatic rings. The first-order valence-electron chi connectivity index (χ1n) is 21.7. The summed E-state index contributed by atoms with van der Waals surface area (Å²) in [5.74, 6) is 0. The van der Waals surface area contributed by atoms with Crippen molar-refractivity contribution in [2.45, 2.75) is 77.0 Å². The molecule has 2 heteroatoms. The molecule has 0 unspecified atom stereocenters. The van der Waals surface area contributed by atoms with Crippen LogP contribution in [0.2, 0.25) is 0 Å². The lowest BCUT2D eigenvalue weighted by atomic mass is 9.71. The molecule has 0 atom stereocenters. The molecule has 0 spiro atoms. The van der Waals surface area contributed by atoms with Gasteiger partial charge in [0.05, 0.1) is 22.7 Å². The summed E-state index contributed by atoms with van der Waals surface area (Å²) < 4.78 is 0. The lowest BCUT2D eigenvalue weighted by Gasteiger charge is -2.43. The van der Waals surface area contributed by atoms with Gasteiger partial charge in [0.1, 0.15) is 0 Å². The highest BCUT2D eigenvalue weighted by Gasteiger charge is 2.44. The molecule has 0 bridgehead atoms. The number of anilines is 6. The second-order valence-electron chi connectivity index (χ2n) is 19.8. The van der Waals surface area contributed by atoms with Gasteiger partial charge in [-0.2, -0.15) is 0 Å². The van der Waals surface area contributed by atoms with E-state index < -0.39 is 0 Å². The van der Waals surface area contributed by atoms with Crippen molar-refractivity contribution in [1.82, 2.24) is 0 Å². The number of nitrogens with zero attached hydrogens (tertiary/aromatic N) is 2. The van der Waals surface area contributed by atoms with Gasteiger partial charge in [0.25, 0.3) is 0 Å². The molecule has 0 fully saturated rings. The van der Waals surface area contributed by atoms with Crippen molar-refractivity contribution in [2.24, 2.45) is 0 Å². The Hall–Kier alpha value is -6.38. The van der Waals surface area contributed by atoms with Crippen LogP contribution in [0.5, 0.6) is 0 Å². The quantitative estimate of drug-likeness (QED) is 0.173. The van der Waals surface area contributed by atoms with Crippen molar-refractivity contribution in [3.05, 3.63) is 202 Å². The second kappa shape index (κ2) is 11.7. The second-order valence-corrected chi connectivity index (χ2v) is 19.8. The topological polar surface area (TPSA) is 6.48 Å². The predicted octanol–water partition coefficient (Wildman–Crippen LogP) is 15.7. The van der Waals surface area contributed by atoms with Crippen LogP contribution in [0, 0.1) is 0 Å². The summed E-state index contributed by atoms with van der Waals surface area (Å²) in [6.07, 6.45) is 0. The largest absolute Gasteiger partial charge is 0.310 e. The van der Waals surface area contributed by atoms with Gasteiger partial charge in [-0.15, -0.1) is 0 Å². The van der Waals surface area contributed by atoms with Crippen molar-refractivity contribution >= 4 is 44.9 Å². The Labute approximate surface area is 354 Å². The lowest BCUT2D eigenvalue weighted by molar-refractivity contribution is 0.619. The van der Waals surface area contributed by atoms with Crippen LogP contribution in [0.25, 0.3) is 33.0 Å². The standard InChI is InChI=1S/C58H50N2/c1-55(2)43-19-11-9-17-39(43)41-31-53-49(33-47(41)55)57(5,6)45-21-13-15-23-51(45)59(53)37-27-25-36-30-38(28-26-35(36)29-37)60-52-24-16-14-22-46(52)58(7,8)50-34-48-42(32-54(50)60)40-18-10-12-20-44(40)56(48,3)4/h9-34H,1-8H3. The molecule has 2 heterocycles. The van der Waals surface area contributed by atoms with Crippen LogP contribution in [-0.4, -0.2) is 0 Å². The Morgan fingerprint density at radius 2 is 0.617 bits per heavy atom. The number of fused-ring (bicyclic) bond motifs is 11. The van der Waals surface area contributed by atoms with Gasteiger partial charge in [-0.1, -0.05) is 165 Å². The summed E-state index contributed by atoms with van der Waals surface area (Å²) >= 11 is 0. The third kappa shape index (κ3) is 4.49. The van der Waals surface area contributed by atoms with Crippen LogP contribution in [0.3, 0.4) is 0 Å². The molecule has 12 rings (SSSR count). The van der Waals surface area contributed by atoms with Gasteiger partial charge < -0.3 is 9.80 Å². The molecule has 0 saturated heterocycles. The SMILES string of the molecule is CC1(C)c2ccccc2-c2cc3c(cc21)C(C)(C)c1ccccc1N3c1ccc2cc(N3c4ccccc4C(C)(C)c4cc5c(cc43)-c3ccccc3C5(C)C)ccc2c1. The summed E-state index contributed by atoms with van der Waals surface area (Å²) in [7, 11) is 0. The highest BCUT2D eigenvalue weighted by molar-refractivity contribution is 5.98. The van der Waals surface area contributed by atoms with E-state index in [-0.39, 0.29) is 21.7 Å². The lowest BCUT2D eigenvalue weighted by Crippen LogP contribution is -2.31. The van der Waals surface area contributed by atoms with Gasteiger partial charge in [-0.3, -0.25) is 0 Å². The van der Waals surface area contributed by atoms with Gasteiger partial charge >= 0.3 is 0 Å². The fourth-order valence-corrected chi connectivity index (χ4v) is 11.8. The highest BCUT2D eigenvalue weighted by Crippen LogP contribution is 2.60. The molecule has 2 aliphatic carbocycles. The number of benzene rings is 8. The van der Waals surface area contributed by atoms with Crippen molar-refractivity contribution in [3.8, 4) is 22.3 Å². The van der Waals surface area contributed by atoms with Crippen LogP contribution >= 0.6 is 0 Å². The minimum absolute atomic E-state index is 0.0637. The van der Waals surface area contributed by atoms with Crippen LogP contribution in [0.1, 0.15) is 99.9 Å². The van der Waals surface area contributed by atoms with E-state index in [4.69, 9.17) is 0 Å². The molecular formula is C58H50N2. The fraction of sp³-hybridized carbons (Fsp3) is 0.207. The number of hydrogen-bond acceptors (Lipinski definition) is 2. The molecule has 8 aromatic carbocycles. The molecule has 60 heavy (non-hydrogen) atoms. The zero-order valence-electron chi connectivity index (χ0n) is 35.9. The first-order valence-corrected chi connectivity index (χ1v) is 21.7. The fourth-order valence-electron chi connectivity index (χ4n) is 11.8. The predicted molar refractivity (Wildman–Crippen MR) is 253 cm³/mol. The first-order chi connectivity index (χ1) is 28.8. The molecule has 0 amide bonds. The van der Waals surface area contributed by atoms with Crippen molar-refractivity contribution < 1.29 is 0 Å². The molecule has 2 aliphatic heterocycles. The Morgan fingerprint density at radius 3 is 1.03 bits per heavy atom. The van der Waals surface area contributed by atoms with Crippen LogP contribution in [-0.2, 0) is 21.7 Å². The van der Waals surface area contributed by atoms with Crippen LogP contribution in [0.15, 0.2) is 158 Å². The minimum Gasteiger partial charge on any atom is -0.310 e. The van der Waals surface area contributed by atoms with Gasteiger partial charge in [0.15, 0.2) is 0 Å². The number of para-hydroxylation sites is 2. The highest BCUT2D eigenvalue weighted by atomic mass is 15.2. The van der Waals surface area contributed by atoms with E-state index in [2.05, 4.69) is 223 Å². The van der Waals surface area contributed by atoms with Gasteiger partial charge in [0, 0.05) is 33.0 Å². The maximum atomic E-state index is 2.53. The van der Waals surface area contributed by atoms with Crippen molar-refractivity contribution in [1.29, 1.82) is 0 Å². The maximum Gasteiger partial charge on any atom is 0.0509 e. The number of rotatable bonds is 2. The van der Waals surface area contributed by atoms with E-state index in [1.54, 1.807) is 0 Å². The molecule has 0 radical (unpaired) electrons. The Kier molecular flexibility index (Phi) is 6.91.